The lowest BCUT2D eigenvalue weighted by Crippen LogP contribution is -2.14. The molecule has 0 atom stereocenters. The number of nitrogens with one attached hydrogen (secondary N) is 1. The highest BCUT2D eigenvalue weighted by Crippen LogP contribution is 2.10. The van der Waals surface area contributed by atoms with E-state index in [9.17, 15) is 4.79 Å². The van der Waals surface area contributed by atoms with Crippen molar-refractivity contribution in [3.05, 3.63) is 29.8 Å². The van der Waals surface area contributed by atoms with Gasteiger partial charge in [0.05, 0.1) is 45.2 Å². The molecular formula is C19H30INO5. The van der Waals surface area contributed by atoms with Crippen molar-refractivity contribution in [2.24, 2.45) is 0 Å². The topological polar surface area (TPSA) is 66.0 Å². The predicted molar refractivity (Wildman–Crippen MR) is 111 cm³/mol. The number of ether oxygens (including phenoxy) is 4. The van der Waals surface area contributed by atoms with Gasteiger partial charge in [0.2, 0.25) is 0 Å². The zero-order valence-corrected chi connectivity index (χ0v) is 17.7. The van der Waals surface area contributed by atoms with Crippen LogP contribution in [-0.4, -0.2) is 63.2 Å². The van der Waals surface area contributed by atoms with Crippen molar-refractivity contribution in [3.8, 4) is 0 Å². The molecule has 0 fully saturated rings. The summed E-state index contributed by atoms with van der Waals surface area (Å²) in [4.78, 5) is 11.9. The van der Waals surface area contributed by atoms with Gasteiger partial charge in [-0.05, 0) is 30.7 Å². The molecule has 0 heterocycles. The summed E-state index contributed by atoms with van der Waals surface area (Å²) < 4.78 is 22.2. The van der Waals surface area contributed by atoms with Crippen LogP contribution in [0.5, 0.6) is 0 Å². The number of carbonyl (C=O) groups excluding carboxylic acids is 1. The molecule has 0 aliphatic rings. The van der Waals surface area contributed by atoms with Crippen molar-refractivity contribution in [1.82, 2.24) is 0 Å². The fraction of sp³-hybridized carbons (Fsp3) is 0.632. The number of rotatable bonds is 16. The summed E-state index contributed by atoms with van der Waals surface area (Å²) in [6.07, 6.45) is 2.28. The molecule has 0 amide bonds. The van der Waals surface area contributed by atoms with Gasteiger partial charge in [-0.25, -0.2) is 4.79 Å². The largest absolute Gasteiger partial charge is 0.460 e. The van der Waals surface area contributed by atoms with Crippen LogP contribution in [0.2, 0.25) is 0 Å². The van der Waals surface area contributed by atoms with Gasteiger partial charge in [-0.15, -0.1) is 0 Å². The Morgan fingerprint density at radius 1 is 0.923 bits per heavy atom. The van der Waals surface area contributed by atoms with E-state index in [0.717, 1.165) is 36.1 Å². The Kier molecular flexibility index (Phi) is 14.5. The summed E-state index contributed by atoms with van der Waals surface area (Å²) >= 11 is 2.27. The molecule has 0 aliphatic carbocycles. The quantitative estimate of drug-likeness (QED) is 0.169. The van der Waals surface area contributed by atoms with E-state index in [1.54, 1.807) is 12.1 Å². The Balaban J connectivity index is 2.02. The first-order valence-electron chi connectivity index (χ1n) is 9.08. The number of hydrogen-bond acceptors (Lipinski definition) is 6. The van der Waals surface area contributed by atoms with Gasteiger partial charge in [0, 0.05) is 16.7 Å². The number of alkyl halides is 1. The second-order valence-electron chi connectivity index (χ2n) is 5.52. The molecule has 0 bridgehead atoms. The van der Waals surface area contributed by atoms with Gasteiger partial charge in [-0.1, -0.05) is 35.9 Å². The molecule has 0 aromatic heterocycles. The number of benzene rings is 1. The number of unbranched alkanes of at least 4 members (excludes halogenated alkanes) is 1. The Morgan fingerprint density at radius 2 is 1.50 bits per heavy atom. The van der Waals surface area contributed by atoms with E-state index in [0.29, 0.717) is 38.6 Å². The molecule has 26 heavy (non-hydrogen) atoms. The number of anilines is 1. The molecule has 0 aliphatic heterocycles. The fourth-order valence-electron chi connectivity index (χ4n) is 2.01. The van der Waals surface area contributed by atoms with E-state index >= 15 is 0 Å². The zero-order valence-electron chi connectivity index (χ0n) is 15.5. The molecule has 0 radical (unpaired) electrons. The average molecular weight is 479 g/mol. The SMILES string of the molecule is CCCCNc1ccc(C(=O)OCCOCCOCCOCCI)cc1. The molecule has 148 valence electrons. The van der Waals surface area contributed by atoms with Crippen molar-refractivity contribution in [2.75, 3.05) is 62.5 Å². The first kappa shape index (κ1) is 23.1. The Morgan fingerprint density at radius 3 is 2.08 bits per heavy atom. The van der Waals surface area contributed by atoms with Crippen LogP contribution in [0.1, 0.15) is 30.1 Å². The maximum atomic E-state index is 11.9. The van der Waals surface area contributed by atoms with Gasteiger partial charge in [0.1, 0.15) is 6.61 Å². The van der Waals surface area contributed by atoms with Crippen molar-refractivity contribution < 1.29 is 23.7 Å². The number of carbonyl (C=O) groups is 1. The van der Waals surface area contributed by atoms with Crippen molar-refractivity contribution in [3.63, 3.8) is 0 Å². The van der Waals surface area contributed by atoms with Gasteiger partial charge in [-0.2, -0.15) is 0 Å². The lowest BCUT2D eigenvalue weighted by atomic mass is 10.2. The number of hydrogen-bond donors (Lipinski definition) is 1. The molecule has 1 aromatic rings. The third-order valence-electron chi connectivity index (χ3n) is 3.41. The first-order chi connectivity index (χ1) is 12.8. The highest BCUT2D eigenvalue weighted by atomic mass is 127. The molecule has 1 N–H and O–H groups in total. The first-order valence-corrected chi connectivity index (χ1v) is 10.6. The van der Waals surface area contributed by atoms with Crippen molar-refractivity contribution >= 4 is 34.2 Å². The minimum Gasteiger partial charge on any atom is -0.460 e. The standard InChI is InChI=1S/C19H30INO5/c1-2-3-9-21-18-6-4-17(5-7-18)19(22)26-16-15-25-14-13-24-12-11-23-10-8-20/h4-7,21H,2-3,8-16H2,1H3. The van der Waals surface area contributed by atoms with Crippen LogP contribution in [-0.2, 0) is 18.9 Å². The maximum absolute atomic E-state index is 11.9. The zero-order chi connectivity index (χ0) is 18.9. The van der Waals surface area contributed by atoms with E-state index in [1.165, 1.54) is 0 Å². The van der Waals surface area contributed by atoms with E-state index in [1.807, 2.05) is 12.1 Å². The molecule has 0 saturated heterocycles. The molecule has 7 heteroatoms. The molecule has 0 spiro atoms. The normalized spacial score (nSPS) is 10.7. The summed E-state index contributed by atoms with van der Waals surface area (Å²) in [6.45, 7) is 6.59. The monoisotopic (exact) mass is 479 g/mol. The van der Waals surface area contributed by atoms with E-state index in [4.69, 9.17) is 18.9 Å². The second kappa shape index (κ2) is 16.3. The minimum absolute atomic E-state index is 0.230. The van der Waals surface area contributed by atoms with Gasteiger partial charge < -0.3 is 24.3 Å². The van der Waals surface area contributed by atoms with Gasteiger partial charge in [0.15, 0.2) is 0 Å². The highest BCUT2D eigenvalue weighted by molar-refractivity contribution is 14.1. The number of halogens is 1. The van der Waals surface area contributed by atoms with Crippen LogP contribution in [0, 0.1) is 0 Å². The predicted octanol–water partition coefficient (Wildman–Crippen LogP) is 3.54. The Bertz CT molecular complexity index is 470. The second-order valence-corrected chi connectivity index (χ2v) is 6.60. The lowest BCUT2D eigenvalue weighted by Gasteiger charge is -2.08. The molecular weight excluding hydrogens is 449 g/mol. The Labute approximate surface area is 170 Å². The average Bonchev–Trinajstić information content (AvgIpc) is 2.66. The van der Waals surface area contributed by atoms with E-state index < -0.39 is 0 Å². The third-order valence-corrected chi connectivity index (χ3v) is 3.85. The van der Waals surface area contributed by atoms with Crippen LogP contribution in [0.25, 0.3) is 0 Å². The molecule has 1 aromatic carbocycles. The summed E-state index contributed by atoms with van der Waals surface area (Å²) in [5.74, 6) is -0.336. The van der Waals surface area contributed by atoms with Gasteiger partial charge in [0.25, 0.3) is 0 Å². The summed E-state index contributed by atoms with van der Waals surface area (Å²) in [6, 6.07) is 7.32. The number of esters is 1. The summed E-state index contributed by atoms with van der Waals surface area (Å²) in [7, 11) is 0. The maximum Gasteiger partial charge on any atom is 0.338 e. The molecule has 6 nitrogen and oxygen atoms in total. The molecule has 0 saturated carbocycles. The van der Waals surface area contributed by atoms with Crippen molar-refractivity contribution in [2.45, 2.75) is 19.8 Å². The van der Waals surface area contributed by atoms with Crippen LogP contribution < -0.4 is 5.32 Å². The highest BCUT2D eigenvalue weighted by Gasteiger charge is 2.06. The summed E-state index contributed by atoms with van der Waals surface area (Å²) in [5.41, 5.74) is 1.55. The smallest absolute Gasteiger partial charge is 0.338 e. The van der Waals surface area contributed by atoms with E-state index in [-0.39, 0.29) is 12.6 Å². The molecule has 0 unspecified atom stereocenters. The van der Waals surface area contributed by atoms with Crippen LogP contribution >= 0.6 is 22.6 Å². The summed E-state index contributed by atoms with van der Waals surface area (Å²) in [5, 5.41) is 3.31. The fourth-order valence-corrected chi connectivity index (χ4v) is 2.32. The van der Waals surface area contributed by atoms with Crippen LogP contribution in [0.3, 0.4) is 0 Å². The van der Waals surface area contributed by atoms with Crippen LogP contribution in [0.4, 0.5) is 5.69 Å². The van der Waals surface area contributed by atoms with Crippen molar-refractivity contribution in [1.29, 1.82) is 0 Å². The van der Waals surface area contributed by atoms with Gasteiger partial charge >= 0.3 is 5.97 Å². The van der Waals surface area contributed by atoms with Gasteiger partial charge in [-0.3, -0.25) is 0 Å². The lowest BCUT2D eigenvalue weighted by molar-refractivity contribution is 0.00218. The Hall–Kier alpha value is -0.900. The molecule has 1 rings (SSSR count). The minimum atomic E-state index is -0.336. The third kappa shape index (κ3) is 11.7. The van der Waals surface area contributed by atoms with Crippen LogP contribution in [0.15, 0.2) is 24.3 Å². The van der Waals surface area contributed by atoms with E-state index in [2.05, 4.69) is 34.8 Å².